The number of carbonyl (C=O) groups excluding carboxylic acids is 1. The second-order valence-corrected chi connectivity index (χ2v) is 3.79. The van der Waals surface area contributed by atoms with Crippen molar-refractivity contribution in [3.05, 3.63) is 41.1 Å². The summed E-state index contributed by atoms with van der Waals surface area (Å²) in [5.74, 6) is -0.180. The summed E-state index contributed by atoms with van der Waals surface area (Å²) >= 11 is 4.83. The van der Waals surface area contributed by atoms with Crippen LogP contribution in [0.1, 0.15) is 11.1 Å². The molecule has 0 radical (unpaired) electrons. The minimum absolute atomic E-state index is 0.180. The first-order valence-electron chi connectivity index (χ1n) is 4.56. The average molecular weight is 218 g/mol. The number of aryl methyl sites for hydroxylation is 1. The van der Waals surface area contributed by atoms with Crippen molar-refractivity contribution in [3.8, 4) is 0 Å². The Balaban J connectivity index is 2.27. The van der Waals surface area contributed by atoms with Crippen LogP contribution in [0, 0.1) is 6.92 Å². The largest absolute Gasteiger partial charge is 0.328 e. The van der Waals surface area contributed by atoms with E-state index in [9.17, 15) is 4.79 Å². The molecule has 0 bridgehead atoms. The molecule has 76 valence electrons. The Morgan fingerprint density at radius 1 is 1.20 bits per heavy atom. The molecular formula is C11H10N2OS. The van der Waals surface area contributed by atoms with Gasteiger partial charge in [0.2, 0.25) is 0 Å². The molecule has 1 aliphatic rings. The number of rotatable bonds is 1. The zero-order chi connectivity index (χ0) is 10.8. The molecular weight excluding hydrogens is 208 g/mol. The van der Waals surface area contributed by atoms with Crippen molar-refractivity contribution in [2.75, 3.05) is 0 Å². The van der Waals surface area contributed by atoms with Gasteiger partial charge in [0.15, 0.2) is 5.11 Å². The fraction of sp³-hybridized carbons (Fsp3) is 0.0909. The van der Waals surface area contributed by atoms with Crippen LogP contribution in [0.3, 0.4) is 0 Å². The second kappa shape index (κ2) is 3.82. The fourth-order valence-electron chi connectivity index (χ4n) is 1.31. The summed E-state index contributed by atoms with van der Waals surface area (Å²) < 4.78 is 0. The van der Waals surface area contributed by atoms with Crippen LogP contribution < -0.4 is 10.6 Å². The molecule has 15 heavy (non-hydrogen) atoms. The Bertz CT molecular complexity index is 448. The molecule has 0 aromatic heterocycles. The number of nitrogens with one attached hydrogen (secondary N) is 2. The molecule has 0 saturated carbocycles. The molecule has 1 aliphatic heterocycles. The number of hydrogen-bond acceptors (Lipinski definition) is 2. The van der Waals surface area contributed by atoms with Crippen LogP contribution in [0.4, 0.5) is 0 Å². The predicted octanol–water partition coefficient (Wildman–Crippen LogP) is 1.34. The number of amides is 1. The normalized spacial score (nSPS) is 17.8. The predicted molar refractivity (Wildman–Crippen MR) is 63.0 cm³/mol. The summed E-state index contributed by atoms with van der Waals surface area (Å²) in [4.78, 5) is 11.3. The molecule has 1 saturated heterocycles. The minimum Gasteiger partial charge on any atom is -0.328 e. The second-order valence-electron chi connectivity index (χ2n) is 3.38. The van der Waals surface area contributed by atoms with E-state index in [4.69, 9.17) is 12.2 Å². The molecule has 1 amide bonds. The highest BCUT2D eigenvalue weighted by Crippen LogP contribution is 2.09. The van der Waals surface area contributed by atoms with E-state index in [1.165, 1.54) is 5.56 Å². The quantitative estimate of drug-likeness (QED) is 0.552. The maximum atomic E-state index is 11.3. The Morgan fingerprint density at radius 3 is 2.40 bits per heavy atom. The molecule has 4 heteroatoms. The van der Waals surface area contributed by atoms with Gasteiger partial charge in [0, 0.05) is 0 Å². The summed E-state index contributed by atoms with van der Waals surface area (Å²) in [5, 5.41) is 5.67. The van der Waals surface area contributed by atoms with Crippen molar-refractivity contribution < 1.29 is 4.79 Å². The average Bonchev–Trinajstić information content (AvgIpc) is 2.49. The van der Waals surface area contributed by atoms with E-state index in [1.54, 1.807) is 6.08 Å². The molecule has 0 aliphatic carbocycles. The number of benzene rings is 1. The highest BCUT2D eigenvalue weighted by molar-refractivity contribution is 7.80. The van der Waals surface area contributed by atoms with Crippen LogP contribution in [-0.2, 0) is 4.79 Å². The minimum atomic E-state index is -0.180. The highest BCUT2D eigenvalue weighted by atomic mass is 32.1. The van der Waals surface area contributed by atoms with Crippen molar-refractivity contribution >= 4 is 29.3 Å². The van der Waals surface area contributed by atoms with E-state index < -0.39 is 0 Å². The van der Waals surface area contributed by atoms with Crippen molar-refractivity contribution in [2.24, 2.45) is 0 Å². The van der Waals surface area contributed by atoms with Gasteiger partial charge in [-0.15, -0.1) is 0 Å². The van der Waals surface area contributed by atoms with E-state index in [1.807, 2.05) is 31.2 Å². The lowest BCUT2D eigenvalue weighted by atomic mass is 10.1. The Morgan fingerprint density at radius 2 is 1.87 bits per heavy atom. The maximum Gasteiger partial charge on any atom is 0.273 e. The van der Waals surface area contributed by atoms with Crippen LogP contribution in [0.25, 0.3) is 6.08 Å². The summed E-state index contributed by atoms with van der Waals surface area (Å²) in [6, 6.07) is 7.91. The molecule has 0 atom stereocenters. The molecule has 1 aromatic rings. The zero-order valence-electron chi connectivity index (χ0n) is 8.20. The molecule has 1 heterocycles. The topological polar surface area (TPSA) is 41.1 Å². The van der Waals surface area contributed by atoms with Gasteiger partial charge in [-0.2, -0.15) is 0 Å². The van der Waals surface area contributed by atoms with Gasteiger partial charge in [0.1, 0.15) is 5.70 Å². The van der Waals surface area contributed by atoms with E-state index >= 15 is 0 Å². The fourth-order valence-corrected chi connectivity index (χ4v) is 1.51. The number of carbonyl (C=O) groups is 1. The first kappa shape index (κ1) is 9.86. The van der Waals surface area contributed by atoms with Crippen LogP contribution in [0.15, 0.2) is 30.0 Å². The van der Waals surface area contributed by atoms with E-state index in [0.717, 1.165) is 5.56 Å². The lowest BCUT2D eigenvalue weighted by molar-refractivity contribution is -0.115. The third-order valence-corrected chi connectivity index (χ3v) is 2.31. The standard InChI is InChI=1S/C11H10N2OS/c1-7-2-4-8(5-3-7)6-9-10(14)13-11(15)12-9/h2-6H,1H3,(H2,12,13,14,15)/b9-6+. The molecule has 1 fully saturated rings. The summed E-state index contributed by atoms with van der Waals surface area (Å²) in [6.45, 7) is 2.02. The number of hydrogen-bond donors (Lipinski definition) is 2. The molecule has 2 rings (SSSR count). The van der Waals surface area contributed by atoms with Gasteiger partial charge >= 0.3 is 0 Å². The Labute approximate surface area is 93.2 Å². The molecule has 2 N–H and O–H groups in total. The van der Waals surface area contributed by atoms with E-state index in [-0.39, 0.29) is 5.91 Å². The number of thiocarbonyl (C=S) groups is 1. The van der Waals surface area contributed by atoms with Gasteiger partial charge in [-0.3, -0.25) is 10.1 Å². The first-order chi connectivity index (χ1) is 7.15. The van der Waals surface area contributed by atoms with Crippen molar-refractivity contribution in [1.29, 1.82) is 0 Å². The van der Waals surface area contributed by atoms with Gasteiger partial charge < -0.3 is 5.32 Å². The Kier molecular flexibility index (Phi) is 2.51. The smallest absolute Gasteiger partial charge is 0.273 e. The Hall–Kier alpha value is -1.68. The zero-order valence-corrected chi connectivity index (χ0v) is 9.02. The van der Waals surface area contributed by atoms with Crippen LogP contribution in [-0.4, -0.2) is 11.0 Å². The summed E-state index contributed by atoms with van der Waals surface area (Å²) in [5.41, 5.74) is 2.66. The highest BCUT2D eigenvalue weighted by Gasteiger charge is 2.19. The van der Waals surface area contributed by atoms with Crippen molar-refractivity contribution in [1.82, 2.24) is 10.6 Å². The lowest BCUT2D eigenvalue weighted by Crippen LogP contribution is -2.21. The maximum absolute atomic E-state index is 11.3. The third-order valence-electron chi connectivity index (χ3n) is 2.11. The van der Waals surface area contributed by atoms with E-state index in [2.05, 4.69) is 10.6 Å². The lowest BCUT2D eigenvalue weighted by Gasteiger charge is -1.97. The first-order valence-corrected chi connectivity index (χ1v) is 4.97. The van der Waals surface area contributed by atoms with Crippen LogP contribution in [0.2, 0.25) is 0 Å². The third kappa shape index (κ3) is 2.22. The van der Waals surface area contributed by atoms with Gasteiger partial charge in [0.25, 0.3) is 5.91 Å². The van der Waals surface area contributed by atoms with Crippen LogP contribution >= 0.6 is 12.2 Å². The van der Waals surface area contributed by atoms with Crippen molar-refractivity contribution in [3.63, 3.8) is 0 Å². The molecule has 0 unspecified atom stereocenters. The SMILES string of the molecule is Cc1ccc(/C=C2/NC(=S)NC2=O)cc1. The van der Waals surface area contributed by atoms with Gasteiger partial charge in [-0.1, -0.05) is 29.8 Å². The summed E-state index contributed by atoms with van der Waals surface area (Å²) in [7, 11) is 0. The van der Waals surface area contributed by atoms with Gasteiger partial charge in [0.05, 0.1) is 0 Å². The monoisotopic (exact) mass is 218 g/mol. The van der Waals surface area contributed by atoms with Crippen LogP contribution in [0.5, 0.6) is 0 Å². The molecule has 3 nitrogen and oxygen atoms in total. The van der Waals surface area contributed by atoms with Crippen molar-refractivity contribution in [2.45, 2.75) is 6.92 Å². The molecule has 0 spiro atoms. The van der Waals surface area contributed by atoms with E-state index in [0.29, 0.717) is 10.8 Å². The van der Waals surface area contributed by atoms with Gasteiger partial charge in [-0.25, -0.2) is 0 Å². The summed E-state index contributed by atoms with van der Waals surface area (Å²) in [6.07, 6.45) is 1.77. The molecule has 1 aromatic carbocycles. The van der Waals surface area contributed by atoms with Gasteiger partial charge in [-0.05, 0) is 30.8 Å².